The zero-order chi connectivity index (χ0) is 20.6. The van der Waals surface area contributed by atoms with Gasteiger partial charge in [-0.2, -0.15) is 0 Å². The number of fused-ring (bicyclic) bond motifs is 1. The molecule has 0 saturated heterocycles. The number of para-hydroxylation sites is 1. The van der Waals surface area contributed by atoms with Crippen molar-refractivity contribution in [3.8, 4) is 0 Å². The highest BCUT2D eigenvalue weighted by atomic mass is 32.2. The van der Waals surface area contributed by atoms with Crippen LogP contribution in [0.1, 0.15) is 12.0 Å². The van der Waals surface area contributed by atoms with Gasteiger partial charge >= 0.3 is 12.0 Å². The number of carbonyl (C=O) groups is 4. The quantitative estimate of drug-likeness (QED) is 0.625. The Labute approximate surface area is 171 Å². The number of hydrogen-bond acceptors (Lipinski definition) is 6. The second kappa shape index (κ2) is 9.74. The van der Waals surface area contributed by atoms with Crippen LogP contribution in [-0.2, 0) is 25.7 Å². The van der Waals surface area contributed by atoms with Gasteiger partial charge < -0.3 is 15.4 Å². The topological polar surface area (TPSA) is 114 Å². The fourth-order valence-electron chi connectivity index (χ4n) is 2.57. The first-order chi connectivity index (χ1) is 14.0. The first kappa shape index (κ1) is 20.4. The highest BCUT2D eigenvalue weighted by Gasteiger charge is 2.29. The second-order valence-electron chi connectivity index (χ2n) is 6.17. The standard InChI is InChI=1S/C20H19N3O5S/c24-17(23-20(27)21-11-13-6-2-1-3-7-13)12-28-18(25)10-16-19(26)22-14-8-4-5-9-15(14)29-16/h1-9,16H,10-12H2,(H,22,26)(H2,21,23,24,27)/t16-/m1/s1. The van der Waals surface area contributed by atoms with Crippen LogP contribution in [0.4, 0.5) is 10.5 Å². The number of imide groups is 1. The molecule has 150 valence electrons. The summed E-state index contributed by atoms with van der Waals surface area (Å²) in [6, 6.07) is 15.8. The molecule has 0 aliphatic carbocycles. The van der Waals surface area contributed by atoms with E-state index in [0.29, 0.717) is 5.69 Å². The molecule has 0 fully saturated rings. The average molecular weight is 413 g/mol. The van der Waals surface area contributed by atoms with E-state index in [1.807, 2.05) is 48.5 Å². The Balaban J connectivity index is 1.38. The largest absolute Gasteiger partial charge is 0.456 e. The van der Waals surface area contributed by atoms with Gasteiger partial charge in [0.25, 0.3) is 5.91 Å². The number of thioether (sulfide) groups is 1. The SMILES string of the molecule is O=C(COC(=O)C[C@H]1Sc2ccccc2NC1=O)NC(=O)NCc1ccccc1. The van der Waals surface area contributed by atoms with E-state index in [9.17, 15) is 19.2 Å². The Morgan fingerprint density at radius 3 is 2.55 bits per heavy atom. The lowest BCUT2D eigenvalue weighted by Gasteiger charge is -2.23. The molecule has 1 aliphatic rings. The number of hydrogen-bond donors (Lipinski definition) is 3. The molecule has 1 heterocycles. The van der Waals surface area contributed by atoms with Crippen molar-refractivity contribution in [3.05, 3.63) is 60.2 Å². The van der Waals surface area contributed by atoms with Crippen LogP contribution < -0.4 is 16.0 Å². The van der Waals surface area contributed by atoms with Crippen molar-refractivity contribution in [1.82, 2.24) is 10.6 Å². The number of urea groups is 1. The van der Waals surface area contributed by atoms with Gasteiger partial charge in [-0.3, -0.25) is 19.7 Å². The summed E-state index contributed by atoms with van der Waals surface area (Å²) in [5, 5.41) is 6.70. The molecule has 8 nitrogen and oxygen atoms in total. The molecule has 0 bridgehead atoms. The number of rotatable bonds is 6. The van der Waals surface area contributed by atoms with Crippen LogP contribution in [0.5, 0.6) is 0 Å². The Morgan fingerprint density at radius 2 is 1.76 bits per heavy atom. The van der Waals surface area contributed by atoms with Crippen molar-refractivity contribution in [2.24, 2.45) is 0 Å². The Kier molecular flexibility index (Phi) is 6.85. The van der Waals surface area contributed by atoms with E-state index in [0.717, 1.165) is 10.5 Å². The van der Waals surface area contributed by atoms with Crippen LogP contribution in [0.25, 0.3) is 0 Å². The first-order valence-electron chi connectivity index (χ1n) is 8.85. The highest BCUT2D eigenvalue weighted by molar-refractivity contribution is 8.01. The van der Waals surface area contributed by atoms with Crippen molar-refractivity contribution in [2.75, 3.05) is 11.9 Å². The number of amides is 4. The minimum absolute atomic E-state index is 0.182. The lowest BCUT2D eigenvalue weighted by molar-refractivity contribution is -0.148. The smallest absolute Gasteiger partial charge is 0.321 e. The summed E-state index contributed by atoms with van der Waals surface area (Å²) in [7, 11) is 0. The molecule has 2 aromatic carbocycles. The third-order valence-electron chi connectivity index (χ3n) is 3.97. The maximum atomic E-state index is 12.1. The number of benzene rings is 2. The zero-order valence-corrected chi connectivity index (χ0v) is 16.2. The maximum Gasteiger partial charge on any atom is 0.321 e. The number of nitrogens with one attached hydrogen (secondary N) is 3. The molecular formula is C20H19N3O5S. The molecule has 0 spiro atoms. The van der Waals surface area contributed by atoms with Crippen LogP contribution in [0.15, 0.2) is 59.5 Å². The van der Waals surface area contributed by atoms with E-state index in [4.69, 9.17) is 4.74 Å². The van der Waals surface area contributed by atoms with Crippen molar-refractivity contribution in [2.45, 2.75) is 23.1 Å². The van der Waals surface area contributed by atoms with Crippen molar-refractivity contribution in [1.29, 1.82) is 0 Å². The molecule has 0 aromatic heterocycles. The first-order valence-corrected chi connectivity index (χ1v) is 9.73. The molecule has 0 radical (unpaired) electrons. The molecule has 9 heteroatoms. The predicted octanol–water partition coefficient (Wildman–Crippen LogP) is 2.06. The molecule has 29 heavy (non-hydrogen) atoms. The molecule has 3 rings (SSSR count). The molecule has 3 N–H and O–H groups in total. The van der Waals surface area contributed by atoms with Crippen LogP contribution in [0.3, 0.4) is 0 Å². The fourth-order valence-corrected chi connectivity index (χ4v) is 3.66. The second-order valence-corrected chi connectivity index (χ2v) is 7.42. The van der Waals surface area contributed by atoms with Crippen LogP contribution in [0, 0.1) is 0 Å². The van der Waals surface area contributed by atoms with E-state index in [2.05, 4.69) is 16.0 Å². The maximum absolute atomic E-state index is 12.1. The molecular weight excluding hydrogens is 394 g/mol. The van der Waals surface area contributed by atoms with Gasteiger partial charge in [-0.25, -0.2) is 4.79 Å². The third kappa shape index (κ3) is 6.08. The van der Waals surface area contributed by atoms with Crippen LogP contribution >= 0.6 is 11.8 Å². The monoisotopic (exact) mass is 413 g/mol. The van der Waals surface area contributed by atoms with Gasteiger partial charge in [0.2, 0.25) is 5.91 Å². The Morgan fingerprint density at radius 1 is 1.03 bits per heavy atom. The average Bonchev–Trinajstić information content (AvgIpc) is 2.72. The van der Waals surface area contributed by atoms with Crippen molar-refractivity contribution < 1.29 is 23.9 Å². The van der Waals surface area contributed by atoms with Gasteiger partial charge in [-0.15, -0.1) is 11.8 Å². The minimum atomic E-state index is -0.755. The molecule has 1 aliphatic heterocycles. The van der Waals surface area contributed by atoms with Gasteiger partial charge in [-0.05, 0) is 17.7 Å². The summed E-state index contributed by atoms with van der Waals surface area (Å²) in [5.41, 5.74) is 1.58. The fraction of sp³-hybridized carbons (Fsp3) is 0.200. The molecule has 0 unspecified atom stereocenters. The molecule has 4 amide bonds. The lowest BCUT2D eigenvalue weighted by atomic mass is 10.2. The van der Waals surface area contributed by atoms with E-state index in [-0.39, 0.29) is 18.9 Å². The summed E-state index contributed by atoms with van der Waals surface area (Å²) in [5.74, 6) is -1.75. The molecule has 1 atom stereocenters. The van der Waals surface area contributed by atoms with Gasteiger partial charge in [0.05, 0.1) is 17.4 Å². The summed E-state index contributed by atoms with van der Waals surface area (Å²) >= 11 is 1.27. The summed E-state index contributed by atoms with van der Waals surface area (Å²) in [4.78, 5) is 48.4. The summed E-state index contributed by atoms with van der Waals surface area (Å²) in [6.45, 7) is -0.345. The summed E-state index contributed by atoms with van der Waals surface area (Å²) in [6.07, 6.45) is -0.182. The van der Waals surface area contributed by atoms with Gasteiger partial charge in [-0.1, -0.05) is 42.5 Å². The zero-order valence-electron chi connectivity index (χ0n) is 15.3. The van der Waals surface area contributed by atoms with E-state index in [1.165, 1.54) is 11.8 Å². The van der Waals surface area contributed by atoms with Gasteiger partial charge in [0, 0.05) is 11.4 Å². The number of carbonyl (C=O) groups excluding carboxylic acids is 4. The normalized spacial score (nSPS) is 14.9. The number of anilines is 1. The van der Waals surface area contributed by atoms with Gasteiger partial charge in [0.1, 0.15) is 0 Å². The van der Waals surface area contributed by atoms with Gasteiger partial charge in [0.15, 0.2) is 6.61 Å². The van der Waals surface area contributed by atoms with E-state index in [1.54, 1.807) is 6.07 Å². The molecule has 0 saturated carbocycles. The van der Waals surface area contributed by atoms with Crippen LogP contribution in [0.2, 0.25) is 0 Å². The van der Waals surface area contributed by atoms with Crippen LogP contribution in [-0.4, -0.2) is 35.7 Å². The number of esters is 1. The summed E-state index contributed by atoms with van der Waals surface area (Å²) < 4.78 is 4.88. The van der Waals surface area contributed by atoms with Crippen molar-refractivity contribution in [3.63, 3.8) is 0 Å². The van der Waals surface area contributed by atoms with E-state index >= 15 is 0 Å². The van der Waals surface area contributed by atoms with E-state index < -0.39 is 29.8 Å². The van der Waals surface area contributed by atoms with Crippen molar-refractivity contribution >= 4 is 41.3 Å². The molecule has 2 aromatic rings. The lowest BCUT2D eigenvalue weighted by Crippen LogP contribution is -2.41. The Hall–Kier alpha value is -3.33. The highest BCUT2D eigenvalue weighted by Crippen LogP contribution is 2.36. The number of ether oxygens (including phenoxy) is 1. The predicted molar refractivity (Wildman–Crippen MR) is 107 cm³/mol. The Bertz CT molecular complexity index is 919. The third-order valence-corrected chi connectivity index (χ3v) is 5.25. The minimum Gasteiger partial charge on any atom is -0.456 e.